The maximum atomic E-state index is 8.79. The molecule has 0 radical (unpaired) electrons. The van der Waals surface area contributed by atoms with Crippen molar-refractivity contribution in [1.82, 2.24) is 0 Å². The number of ether oxygens (including phenoxy) is 1. The summed E-state index contributed by atoms with van der Waals surface area (Å²) in [6.07, 6.45) is 2.49. The van der Waals surface area contributed by atoms with Crippen LogP contribution in [0.2, 0.25) is 5.02 Å². The van der Waals surface area contributed by atoms with Gasteiger partial charge in [-0.15, -0.1) is 0 Å². The maximum absolute atomic E-state index is 8.79. The lowest BCUT2D eigenvalue weighted by molar-refractivity contribution is 0.302. The van der Waals surface area contributed by atoms with Crippen LogP contribution in [0.3, 0.4) is 0 Å². The summed E-state index contributed by atoms with van der Waals surface area (Å²) in [5.41, 5.74) is 0.513. The van der Waals surface area contributed by atoms with E-state index in [9.17, 15) is 0 Å². The Bertz CT molecular complexity index is 366. The molecule has 1 aliphatic carbocycles. The van der Waals surface area contributed by atoms with E-state index in [4.69, 9.17) is 21.6 Å². The molecule has 2 rings (SSSR count). The molecule has 0 N–H and O–H groups in total. The molecule has 0 atom stereocenters. The van der Waals surface area contributed by atoms with Crippen LogP contribution in [0.1, 0.15) is 18.4 Å². The predicted molar refractivity (Wildman–Crippen MR) is 49.8 cm³/mol. The van der Waals surface area contributed by atoms with Gasteiger partial charge in [0.05, 0.1) is 11.7 Å². The van der Waals surface area contributed by atoms with Crippen LogP contribution in [-0.4, -0.2) is 6.10 Å². The second-order valence-corrected chi connectivity index (χ2v) is 3.51. The lowest BCUT2D eigenvalue weighted by Crippen LogP contribution is -1.97. The highest BCUT2D eigenvalue weighted by Crippen LogP contribution is 2.30. The number of nitrogens with zero attached hydrogens (tertiary/aromatic N) is 1. The van der Waals surface area contributed by atoms with Crippen LogP contribution in [0, 0.1) is 11.3 Å². The fourth-order valence-corrected chi connectivity index (χ4v) is 1.23. The van der Waals surface area contributed by atoms with E-state index in [0.29, 0.717) is 22.4 Å². The Labute approximate surface area is 81.7 Å². The Morgan fingerprint density at radius 2 is 2.23 bits per heavy atom. The molecule has 66 valence electrons. The summed E-state index contributed by atoms with van der Waals surface area (Å²) in [5.74, 6) is 0.648. The quantitative estimate of drug-likeness (QED) is 0.724. The average Bonchev–Trinajstić information content (AvgIpc) is 2.92. The molecule has 1 aliphatic rings. The van der Waals surface area contributed by atoms with Crippen molar-refractivity contribution in [3.05, 3.63) is 28.8 Å². The van der Waals surface area contributed by atoms with E-state index in [1.54, 1.807) is 18.2 Å². The molecule has 0 heterocycles. The first-order chi connectivity index (χ1) is 6.29. The first-order valence-corrected chi connectivity index (χ1v) is 4.53. The van der Waals surface area contributed by atoms with Crippen molar-refractivity contribution in [2.45, 2.75) is 18.9 Å². The molecular formula is C10H8ClNO. The molecule has 1 fully saturated rings. The van der Waals surface area contributed by atoms with Crippen molar-refractivity contribution in [1.29, 1.82) is 5.26 Å². The summed E-state index contributed by atoms with van der Waals surface area (Å²) in [6, 6.07) is 7.17. The van der Waals surface area contributed by atoms with Gasteiger partial charge in [0, 0.05) is 5.02 Å². The van der Waals surface area contributed by atoms with Gasteiger partial charge in [0.15, 0.2) is 0 Å². The maximum Gasteiger partial charge on any atom is 0.137 e. The molecule has 0 bridgehead atoms. The number of nitriles is 1. The largest absolute Gasteiger partial charge is 0.489 e. The van der Waals surface area contributed by atoms with Gasteiger partial charge in [-0.05, 0) is 31.0 Å². The summed E-state index contributed by atoms with van der Waals surface area (Å²) < 4.78 is 5.52. The average molecular weight is 194 g/mol. The number of hydrogen-bond acceptors (Lipinski definition) is 2. The summed E-state index contributed by atoms with van der Waals surface area (Å²) >= 11 is 5.74. The highest BCUT2D eigenvalue weighted by Gasteiger charge is 2.24. The SMILES string of the molecule is N#Cc1cc(Cl)ccc1OC1CC1. The van der Waals surface area contributed by atoms with Crippen molar-refractivity contribution in [2.24, 2.45) is 0 Å². The van der Waals surface area contributed by atoms with E-state index in [2.05, 4.69) is 6.07 Å². The molecule has 3 heteroatoms. The number of rotatable bonds is 2. The normalized spacial score (nSPS) is 15.1. The first kappa shape index (κ1) is 8.40. The van der Waals surface area contributed by atoms with Gasteiger partial charge in [0.1, 0.15) is 11.8 Å². The van der Waals surface area contributed by atoms with Gasteiger partial charge in [-0.25, -0.2) is 0 Å². The number of halogens is 1. The van der Waals surface area contributed by atoms with Crippen molar-refractivity contribution in [2.75, 3.05) is 0 Å². The first-order valence-electron chi connectivity index (χ1n) is 4.16. The molecule has 1 aromatic rings. The zero-order valence-corrected chi connectivity index (χ0v) is 7.71. The van der Waals surface area contributed by atoms with E-state index in [-0.39, 0.29) is 0 Å². The molecule has 0 unspecified atom stereocenters. The van der Waals surface area contributed by atoms with Crippen LogP contribution in [0.5, 0.6) is 5.75 Å². The molecule has 0 spiro atoms. The lowest BCUT2D eigenvalue weighted by atomic mass is 10.2. The second-order valence-electron chi connectivity index (χ2n) is 3.07. The van der Waals surface area contributed by atoms with Gasteiger partial charge in [0.2, 0.25) is 0 Å². The minimum absolute atomic E-state index is 0.313. The van der Waals surface area contributed by atoms with Crippen molar-refractivity contribution in [3.8, 4) is 11.8 Å². The standard InChI is InChI=1S/C10H8ClNO/c11-8-1-4-10(7(5-8)6-12)13-9-2-3-9/h1,4-5,9H,2-3H2. The van der Waals surface area contributed by atoms with Gasteiger partial charge in [-0.3, -0.25) is 0 Å². The van der Waals surface area contributed by atoms with Crippen LogP contribution < -0.4 is 4.74 Å². The Kier molecular flexibility index (Phi) is 2.12. The van der Waals surface area contributed by atoms with E-state index in [1.807, 2.05) is 0 Å². The molecule has 1 saturated carbocycles. The third kappa shape index (κ3) is 1.93. The molecule has 0 aromatic heterocycles. The zero-order chi connectivity index (χ0) is 9.26. The van der Waals surface area contributed by atoms with Crippen LogP contribution in [-0.2, 0) is 0 Å². The third-order valence-electron chi connectivity index (χ3n) is 1.88. The second kappa shape index (κ2) is 3.27. The van der Waals surface area contributed by atoms with Crippen molar-refractivity contribution in [3.63, 3.8) is 0 Å². The van der Waals surface area contributed by atoms with Crippen LogP contribution >= 0.6 is 11.6 Å². The molecule has 0 amide bonds. The van der Waals surface area contributed by atoms with Crippen molar-refractivity contribution < 1.29 is 4.74 Å². The summed E-state index contributed by atoms with van der Waals surface area (Å²) in [7, 11) is 0. The zero-order valence-electron chi connectivity index (χ0n) is 6.96. The van der Waals surface area contributed by atoms with Crippen LogP contribution in [0.4, 0.5) is 0 Å². The van der Waals surface area contributed by atoms with Gasteiger partial charge in [-0.2, -0.15) is 5.26 Å². The topological polar surface area (TPSA) is 33.0 Å². The lowest BCUT2D eigenvalue weighted by Gasteiger charge is -2.05. The molecule has 2 nitrogen and oxygen atoms in total. The monoisotopic (exact) mass is 193 g/mol. The van der Waals surface area contributed by atoms with Crippen molar-refractivity contribution >= 4 is 11.6 Å². The fraction of sp³-hybridized carbons (Fsp3) is 0.300. The van der Waals surface area contributed by atoms with Gasteiger partial charge in [-0.1, -0.05) is 11.6 Å². The fourth-order valence-electron chi connectivity index (χ4n) is 1.06. The van der Waals surface area contributed by atoms with E-state index >= 15 is 0 Å². The Morgan fingerprint density at radius 1 is 1.46 bits per heavy atom. The highest BCUT2D eigenvalue weighted by atomic mass is 35.5. The minimum Gasteiger partial charge on any atom is -0.489 e. The molecule has 1 aromatic carbocycles. The predicted octanol–water partition coefficient (Wildman–Crippen LogP) is 2.75. The van der Waals surface area contributed by atoms with E-state index < -0.39 is 0 Å². The molecule has 0 saturated heterocycles. The van der Waals surface area contributed by atoms with Gasteiger partial charge in [0.25, 0.3) is 0 Å². The minimum atomic E-state index is 0.313. The smallest absolute Gasteiger partial charge is 0.137 e. The summed E-state index contributed by atoms with van der Waals surface area (Å²) in [5, 5.41) is 9.36. The molecule has 0 aliphatic heterocycles. The Morgan fingerprint density at radius 3 is 2.85 bits per heavy atom. The Balaban J connectivity index is 2.27. The number of benzene rings is 1. The van der Waals surface area contributed by atoms with Crippen LogP contribution in [0.25, 0.3) is 0 Å². The number of hydrogen-bond donors (Lipinski definition) is 0. The molecular weight excluding hydrogens is 186 g/mol. The van der Waals surface area contributed by atoms with E-state index in [1.165, 1.54) is 0 Å². The Hall–Kier alpha value is -1.20. The molecule has 13 heavy (non-hydrogen) atoms. The van der Waals surface area contributed by atoms with Gasteiger partial charge < -0.3 is 4.74 Å². The summed E-state index contributed by atoms with van der Waals surface area (Å²) in [4.78, 5) is 0. The third-order valence-corrected chi connectivity index (χ3v) is 2.12. The van der Waals surface area contributed by atoms with Gasteiger partial charge >= 0.3 is 0 Å². The van der Waals surface area contributed by atoms with Crippen LogP contribution in [0.15, 0.2) is 18.2 Å². The van der Waals surface area contributed by atoms with E-state index in [0.717, 1.165) is 12.8 Å². The highest BCUT2D eigenvalue weighted by molar-refractivity contribution is 6.30. The summed E-state index contributed by atoms with van der Waals surface area (Å²) in [6.45, 7) is 0.